The van der Waals surface area contributed by atoms with E-state index in [-0.39, 0.29) is 22.3 Å². The Morgan fingerprint density at radius 1 is 1.24 bits per heavy atom. The first-order chi connectivity index (χ1) is 9.90. The van der Waals surface area contributed by atoms with Gasteiger partial charge in [-0.05, 0) is 24.4 Å². The first-order valence-electron chi connectivity index (χ1n) is 5.94. The van der Waals surface area contributed by atoms with Crippen LogP contribution in [0.5, 0.6) is 11.5 Å². The number of nitrogens with one attached hydrogen (secondary N) is 2. The minimum Gasteiger partial charge on any atom is -0.493 e. The number of hydrogen-bond acceptors (Lipinski definition) is 6. The predicted molar refractivity (Wildman–Crippen MR) is 79.3 cm³/mol. The van der Waals surface area contributed by atoms with E-state index in [1.165, 1.54) is 32.4 Å². The molecule has 1 aliphatic heterocycles. The zero-order valence-corrected chi connectivity index (χ0v) is 13.0. The summed E-state index contributed by atoms with van der Waals surface area (Å²) in [5, 5.41) is 3.83. The topological polar surface area (TPSA) is 93.7 Å². The van der Waals surface area contributed by atoms with Crippen LogP contribution in [0.2, 0.25) is 0 Å². The molecule has 1 heterocycles. The summed E-state index contributed by atoms with van der Waals surface area (Å²) in [5.74, 6) is 0.0376. The van der Waals surface area contributed by atoms with Gasteiger partial charge < -0.3 is 20.1 Å². The highest BCUT2D eigenvalue weighted by molar-refractivity contribution is 7.93. The summed E-state index contributed by atoms with van der Waals surface area (Å²) in [6.45, 7) is -0.0681. The van der Waals surface area contributed by atoms with Crippen LogP contribution in [0, 0.1) is 0 Å². The molecule has 1 aliphatic rings. The maximum atomic E-state index is 12.5. The Kier molecular flexibility index (Phi) is 4.33. The van der Waals surface area contributed by atoms with Gasteiger partial charge in [0.2, 0.25) is 5.91 Å². The second-order valence-corrected chi connectivity index (χ2v) is 6.79. The number of ether oxygens (including phenoxy) is 2. The molecule has 7 nitrogen and oxygen atoms in total. The van der Waals surface area contributed by atoms with Crippen LogP contribution in [-0.4, -0.2) is 45.5 Å². The second kappa shape index (κ2) is 5.86. The van der Waals surface area contributed by atoms with E-state index >= 15 is 0 Å². The molecule has 1 aromatic carbocycles. The number of amides is 1. The number of hydrogen-bond donors (Lipinski definition) is 2. The van der Waals surface area contributed by atoms with Gasteiger partial charge in [-0.2, -0.15) is 0 Å². The first kappa shape index (κ1) is 15.5. The summed E-state index contributed by atoms with van der Waals surface area (Å²) in [5.41, 5.74) is 0. The molecule has 1 unspecified atom stereocenters. The van der Waals surface area contributed by atoms with E-state index in [4.69, 9.17) is 21.7 Å². The standard InChI is InChI=1S/C12H14N2O5S2/c1-18-8-4-3-7(5-9(8)19-2)21(16,17)10-6-13-12(20)14-11(10)15/h3-5,10H,6H2,1-2H3,(H2,13,14,15,20). The number of carbonyl (C=O) groups excluding carboxylic acids is 1. The van der Waals surface area contributed by atoms with Crippen molar-refractivity contribution in [3.63, 3.8) is 0 Å². The van der Waals surface area contributed by atoms with Gasteiger partial charge in [0.25, 0.3) is 0 Å². The Morgan fingerprint density at radius 3 is 2.48 bits per heavy atom. The van der Waals surface area contributed by atoms with E-state index in [1.807, 2.05) is 0 Å². The largest absolute Gasteiger partial charge is 0.493 e. The van der Waals surface area contributed by atoms with Crippen LogP contribution in [0.4, 0.5) is 0 Å². The molecule has 1 aromatic rings. The van der Waals surface area contributed by atoms with Gasteiger partial charge in [-0.1, -0.05) is 0 Å². The maximum absolute atomic E-state index is 12.5. The van der Waals surface area contributed by atoms with Crippen molar-refractivity contribution in [1.82, 2.24) is 10.6 Å². The summed E-state index contributed by atoms with van der Waals surface area (Å²) in [6, 6.07) is 4.18. The van der Waals surface area contributed by atoms with Crippen molar-refractivity contribution in [3.05, 3.63) is 18.2 Å². The first-order valence-corrected chi connectivity index (χ1v) is 7.90. The summed E-state index contributed by atoms with van der Waals surface area (Å²) in [6.07, 6.45) is 0. The van der Waals surface area contributed by atoms with Crippen LogP contribution in [0.25, 0.3) is 0 Å². The molecule has 0 bridgehead atoms. The van der Waals surface area contributed by atoms with E-state index in [0.717, 1.165) is 0 Å². The minimum atomic E-state index is -3.86. The molecule has 1 atom stereocenters. The van der Waals surface area contributed by atoms with Gasteiger partial charge in [-0.3, -0.25) is 4.79 Å². The molecule has 1 fully saturated rings. The zero-order chi connectivity index (χ0) is 15.6. The van der Waals surface area contributed by atoms with Crippen molar-refractivity contribution < 1.29 is 22.7 Å². The van der Waals surface area contributed by atoms with Gasteiger partial charge in [0.15, 0.2) is 31.7 Å². The highest BCUT2D eigenvalue weighted by atomic mass is 32.2. The Labute approximate surface area is 127 Å². The van der Waals surface area contributed by atoms with E-state index in [0.29, 0.717) is 5.75 Å². The van der Waals surface area contributed by atoms with Crippen molar-refractivity contribution in [1.29, 1.82) is 0 Å². The molecule has 0 aliphatic carbocycles. The number of carbonyl (C=O) groups is 1. The second-order valence-electron chi connectivity index (χ2n) is 4.25. The lowest BCUT2D eigenvalue weighted by Crippen LogP contribution is -2.57. The van der Waals surface area contributed by atoms with Gasteiger partial charge in [0.1, 0.15) is 0 Å². The van der Waals surface area contributed by atoms with Gasteiger partial charge in [0, 0.05) is 12.6 Å². The third kappa shape index (κ3) is 2.93. The summed E-state index contributed by atoms with van der Waals surface area (Å²) in [4.78, 5) is 11.8. The monoisotopic (exact) mass is 330 g/mol. The number of methoxy groups -OCH3 is 2. The van der Waals surface area contributed by atoms with Crippen LogP contribution in [0.1, 0.15) is 0 Å². The van der Waals surface area contributed by atoms with Crippen molar-refractivity contribution in [3.8, 4) is 11.5 Å². The summed E-state index contributed by atoms with van der Waals surface area (Å²) < 4.78 is 35.2. The van der Waals surface area contributed by atoms with Crippen LogP contribution in [0.3, 0.4) is 0 Å². The highest BCUT2D eigenvalue weighted by Gasteiger charge is 2.37. The summed E-state index contributed by atoms with van der Waals surface area (Å²) >= 11 is 4.77. The zero-order valence-electron chi connectivity index (χ0n) is 11.4. The van der Waals surface area contributed by atoms with Crippen molar-refractivity contribution in [2.75, 3.05) is 20.8 Å². The number of benzene rings is 1. The van der Waals surface area contributed by atoms with Crippen LogP contribution < -0.4 is 20.1 Å². The fourth-order valence-corrected chi connectivity index (χ4v) is 3.61. The third-order valence-corrected chi connectivity index (χ3v) is 5.32. The SMILES string of the molecule is COc1ccc(S(=O)(=O)C2CNC(=S)NC2=O)cc1OC. The lowest BCUT2D eigenvalue weighted by Gasteiger charge is -2.24. The lowest BCUT2D eigenvalue weighted by molar-refractivity contribution is -0.119. The Morgan fingerprint density at radius 2 is 1.90 bits per heavy atom. The molecule has 114 valence electrons. The van der Waals surface area contributed by atoms with E-state index < -0.39 is 21.0 Å². The number of sulfone groups is 1. The molecule has 9 heteroatoms. The van der Waals surface area contributed by atoms with E-state index in [1.54, 1.807) is 0 Å². The Hall–Kier alpha value is -1.87. The predicted octanol–water partition coefficient (Wildman–Crippen LogP) is -0.150. The molecule has 0 saturated carbocycles. The van der Waals surface area contributed by atoms with E-state index in [2.05, 4.69) is 10.6 Å². The lowest BCUT2D eigenvalue weighted by atomic mass is 10.3. The fraction of sp³-hybridized carbons (Fsp3) is 0.333. The molecule has 0 aromatic heterocycles. The molecule has 1 amide bonds. The Bertz CT molecular complexity index is 687. The average molecular weight is 330 g/mol. The molecular formula is C12H14N2O5S2. The molecule has 21 heavy (non-hydrogen) atoms. The molecule has 0 spiro atoms. The molecule has 2 N–H and O–H groups in total. The van der Waals surface area contributed by atoms with Gasteiger partial charge >= 0.3 is 0 Å². The molecular weight excluding hydrogens is 316 g/mol. The maximum Gasteiger partial charge on any atom is 0.246 e. The van der Waals surface area contributed by atoms with Gasteiger partial charge in [-0.25, -0.2) is 8.42 Å². The van der Waals surface area contributed by atoms with E-state index in [9.17, 15) is 13.2 Å². The van der Waals surface area contributed by atoms with Gasteiger partial charge in [-0.15, -0.1) is 0 Å². The summed E-state index contributed by atoms with van der Waals surface area (Å²) in [7, 11) is -1.01. The molecule has 2 rings (SSSR count). The highest BCUT2D eigenvalue weighted by Crippen LogP contribution is 2.30. The van der Waals surface area contributed by atoms with Crippen LogP contribution in [-0.2, 0) is 14.6 Å². The molecule has 1 saturated heterocycles. The van der Waals surface area contributed by atoms with Gasteiger partial charge in [0.05, 0.1) is 19.1 Å². The quantitative estimate of drug-likeness (QED) is 0.742. The smallest absolute Gasteiger partial charge is 0.246 e. The normalized spacial score (nSPS) is 18.7. The average Bonchev–Trinajstić information content (AvgIpc) is 2.46. The minimum absolute atomic E-state index is 0.0186. The molecule has 0 radical (unpaired) electrons. The van der Waals surface area contributed by atoms with Crippen molar-refractivity contribution in [2.24, 2.45) is 0 Å². The number of thiocarbonyl (C=S) groups is 1. The van der Waals surface area contributed by atoms with Crippen LogP contribution in [0.15, 0.2) is 23.1 Å². The van der Waals surface area contributed by atoms with Crippen molar-refractivity contribution in [2.45, 2.75) is 10.1 Å². The fourth-order valence-electron chi connectivity index (χ4n) is 1.92. The van der Waals surface area contributed by atoms with Crippen LogP contribution >= 0.6 is 12.2 Å². The third-order valence-electron chi connectivity index (χ3n) is 3.04. The number of rotatable bonds is 4. The van der Waals surface area contributed by atoms with Crippen molar-refractivity contribution >= 4 is 33.1 Å². The Balaban J connectivity index is 2.40.